The highest BCUT2D eigenvalue weighted by Gasteiger charge is 2.62. The Morgan fingerprint density at radius 1 is 1.28 bits per heavy atom. The molecule has 4 aliphatic rings. The molecule has 1 fully saturated rings. The first-order valence-electron chi connectivity index (χ1n) is 14.8. The first-order valence-corrected chi connectivity index (χ1v) is 14.8. The Bertz CT molecular complexity index is 1660. The standard InChI is InChI=1S/C33H37N3O7/c1-3-20(9-13-37)31(40)43-32(2)10-4-6-25(24-16-28(34)35-19-23(24)15-29(38)36-11-5-12-36)33(32)18-22-14-21-7-8-30(39)41-26(21)17-27(22)42-33/h3-4,6-8,14,16-17,25,35,37H,5,9-13,15,18-19,34H2,1-2H3. The molecule has 226 valence electrons. The molecular formula is C33H37N3O7. The van der Waals surface area contributed by atoms with Gasteiger partial charge in [0.2, 0.25) is 5.91 Å². The highest BCUT2D eigenvalue weighted by atomic mass is 16.6. The number of carbonyl (C=O) groups is 2. The maximum absolute atomic E-state index is 13.5. The number of nitrogens with zero attached hydrogens (tertiary/aromatic N) is 1. The average molecular weight is 588 g/mol. The van der Waals surface area contributed by atoms with Gasteiger partial charge in [-0.2, -0.15) is 0 Å². The molecule has 3 aliphatic heterocycles. The van der Waals surface area contributed by atoms with Crippen LogP contribution in [-0.2, 0) is 20.7 Å². The van der Waals surface area contributed by atoms with Crippen molar-refractivity contribution >= 4 is 22.8 Å². The first-order chi connectivity index (χ1) is 20.7. The van der Waals surface area contributed by atoms with E-state index < -0.39 is 28.7 Å². The van der Waals surface area contributed by atoms with Gasteiger partial charge in [-0.05, 0) is 55.2 Å². The van der Waals surface area contributed by atoms with Gasteiger partial charge in [0.1, 0.15) is 11.3 Å². The molecule has 4 N–H and O–H groups in total. The third kappa shape index (κ3) is 5.03. The van der Waals surface area contributed by atoms with Gasteiger partial charge in [0, 0.05) is 74.5 Å². The second-order valence-electron chi connectivity index (χ2n) is 11.9. The number of ether oxygens (including phenoxy) is 2. The van der Waals surface area contributed by atoms with E-state index in [9.17, 15) is 19.5 Å². The fourth-order valence-electron chi connectivity index (χ4n) is 6.65. The Kier molecular flexibility index (Phi) is 7.41. The number of benzene rings is 1. The molecule has 1 saturated heterocycles. The van der Waals surface area contributed by atoms with Gasteiger partial charge in [0.15, 0.2) is 11.2 Å². The van der Waals surface area contributed by atoms with Crippen LogP contribution in [0.5, 0.6) is 5.75 Å². The van der Waals surface area contributed by atoms with Crippen LogP contribution >= 0.6 is 0 Å². The quantitative estimate of drug-likeness (QED) is 0.193. The smallest absolute Gasteiger partial charge is 0.336 e. The fourth-order valence-corrected chi connectivity index (χ4v) is 6.65. The van der Waals surface area contributed by atoms with Crippen LogP contribution < -0.4 is 21.4 Å². The summed E-state index contributed by atoms with van der Waals surface area (Å²) in [7, 11) is 0. The maximum Gasteiger partial charge on any atom is 0.336 e. The van der Waals surface area contributed by atoms with Gasteiger partial charge in [-0.15, -0.1) is 0 Å². The number of hydrogen-bond donors (Lipinski definition) is 3. The third-order valence-electron chi connectivity index (χ3n) is 9.22. The molecule has 2 aromatic rings. The zero-order chi connectivity index (χ0) is 30.4. The lowest BCUT2D eigenvalue weighted by molar-refractivity contribution is -0.185. The van der Waals surface area contributed by atoms with Crippen molar-refractivity contribution in [1.29, 1.82) is 0 Å². The molecule has 1 amide bonds. The van der Waals surface area contributed by atoms with Crippen molar-refractivity contribution in [1.82, 2.24) is 10.2 Å². The summed E-state index contributed by atoms with van der Waals surface area (Å²) in [4.78, 5) is 40.5. The second kappa shape index (κ2) is 11.1. The summed E-state index contributed by atoms with van der Waals surface area (Å²) in [6.07, 6.45) is 9.74. The summed E-state index contributed by atoms with van der Waals surface area (Å²) in [6.45, 7) is 5.37. The van der Waals surface area contributed by atoms with Crippen molar-refractivity contribution in [3.63, 3.8) is 0 Å². The van der Waals surface area contributed by atoms with Crippen LogP contribution in [-0.4, -0.2) is 59.3 Å². The minimum atomic E-state index is -1.16. The van der Waals surface area contributed by atoms with E-state index in [0.717, 1.165) is 41.6 Å². The highest BCUT2D eigenvalue weighted by molar-refractivity contribution is 5.89. The molecule has 3 atom stereocenters. The summed E-state index contributed by atoms with van der Waals surface area (Å²) in [5, 5.41) is 13.5. The van der Waals surface area contributed by atoms with E-state index in [1.807, 2.05) is 30.0 Å². The van der Waals surface area contributed by atoms with Crippen molar-refractivity contribution < 1.29 is 28.6 Å². The van der Waals surface area contributed by atoms with Crippen LogP contribution in [0.3, 0.4) is 0 Å². The van der Waals surface area contributed by atoms with E-state index in [0.29, 0.717) is 42.1 Å². The lowest BCUT2D eigenvalue weighted by Gasteiger charge is -2.51. The predicted molar refractivity (Wildman–Crippen MR) is 160 cm³/mol. The summed E-state index contributed by atoms with van der Waals surface area (Å²) in [5.74, 6) is 0.121. The van der Waals surface area contributed by atoms with Crippen LogP contribution in [0.1, 0.15) is 45.1 Å². The van der Waals surface area contributed by atoms with E-state index in [1.54, 1.807) is 25.1 Å². The fraction of sp³-hybridized carbons (Fsp3) is 0.424. The van der Waals surface area contributed by atoms with Crippen LogP contribution in [0.15, 0.2) is 80.3 Å². The number of dihydropyridines is 1. The number of rotatable bonds is 7. The summed E-state index contributed by atoms with van der Waals surface area (Å²) in [5.41, 5.74) is 6.98. The molecule has 0 radical (unpaired) electrons. The molecule has 0 saturated carbocycles. The van der Waals surface area contributed by atoms with Crippen molar-refractivity contribution in [3.05, 3.63) is 87.1 Å². The second-order valence-corrected chi connectivity index (χ2v) is 11.9. The molecule has 43 heavy (non-hydrogen) atoms. The van der Waals surface area contributed by atoms with Gasteiger partial charge in [-0.1, -0.05) is 18.2 Å². The topological polar surface area (TPSA) is 144 Å². The molecule has 1 aromatic carbocycles. The van der Waals surface area contributed by atoms with Gasteiger partial charge in [0.25, 0.3) is 0 Å². The molecule has 6 rings (SSSR count). The van der Waals surface area contributed by atoms with Crippen molar-refractivity contribution in [3.8, 4) is 5.75 Å². The summed E-state index contributed by atoms with van der Waals surface area (Å²) >= 11 is 0. The number of esters is 1. The zero-order valence-corrected chi connectivity index (χ0v) is 24.5. The summed E-state index contributed by atoms with van der Waals surface area (Å²) < 4.78 is 18.8. The van der Waals surface area contributed by atoms with Crippen LogP contribution in [0.2, 0.25) is 0 Å². The first kappa shape index (κ1) is 28.8. The highest BCUT2D eigenvalue weighted by Crippen LogP contribution is 2.54. The zero-order valence-electron chi connectivity index (χ0n) is 24.5. The number of nitrogens with one attached hydrogen (secondary N) is 1. The van der Waals surface area contributed by atoms with E-state index >= 15 is 0 Å². The molecule has 1 aliphatic carbocycles. The molecule has 4 heterocycles. The number of nitrogens with two attached hydrogens (primary N) is 1. The molecule has 1 spiro atoms. The Labute approximate surface area is 249 Å². The van der Waals surface area contributed by atoms with Gasteiger partial charge in [0.05, 0.1) is 12.2 Å². The SMILES string of the molecule is CC=C(CCO)C(=O)OC1(C)CC=CC(C2=C(CC(=O)N3CCC3)CNC(N)=C2)C12Cc1cc3ccc(=O)oc3cc1O2. The predicted octanol–water partition coefficient (Wildman–Crippen LogP) is 3.00. The van der Waals surface area contributed by atoms with Gasteiger partial charge in [-0.25, -0.2) is 9.59 Å². The van der Waals surface area contributed by atoms with Crippen molar-refractivity contribution in [2.75, 3.05) is 26.2 Å². The Hall–Kier alpha value is -4.31. The molecule has 0 bridgehead atoms. The molecule has 3 unspecified atom stereocenters. The lowest BCUT2D eigenvalue weighted by Crippen LogP contribution is -2.63. The molecular weight excluding hydrogens is 550 g/mol. The monoisotopic (exact) mass is 587 g/mol. The van der Waals surface area contributed by atoms with Crippen LogP contribution in [0.25, 0.3) is 11.0 Å². The number of fused-ring (bicyclic) bond motifs is 2. The minimum absolute atomic E-state index is 0.0658. The van der Waals surface area contributed by atoms with Crippen molar-refractivity contribution in [2.24, 2.45) is 11.7 Å². The van der Waals surface area contributed by atoms with Gasteiger partial charge < -0.3 is 34.9 Å². The van der Waals surface area contributed by atoms with Gasteiger partial charge >= 0.3 is 11.6 Å². The lowest BCUT2D eigenvalue weighted by atomic mass is 9.63. The molecule has 10 nitrogen and oxygen atoms in total. The minimum Gasteiger partial charge on any atom is -0.481 e. The largest absolute Gasteiger partial charge is 0.481 e. The average Bonchev–Trinajstić information content (AvgIpc) is 3.31. The maximum atomic E-state index is 13.5. The number of hydrogen-bond acceptors (Lipinski definition) is 9. The number of aliphatic hydroxyl groups is 1. The number of aliphatic hydroxyl groups excluding tert-OH is 1. The Morgan fingerprint density at radius 2 is 2.09 bits per heavy atom. The van der Waals surface area contributed by atoms with E-state index in [-0.39, 0.29) is 25.4 Å². The number of carbonyl (C=O) groups excluding carboxylic acids is 2. The normalized spacial score (nSPS) is 26.5. The Balaban J connectivity index is 1.48. The van der Waals surface area contributed by atoms with Crippen molar-refractivity contribution in [2.45, 2.75) is 57.2 Å². The molecule has 1 aromatic heterocycles. The number of likely N-dealkylation sites (tertiary alicyclic amines) is 1. The molecule has 10 heteroatoms. The van der Waals surface area contributed by atoms with E-state index in [1.165, 1.54) is 6.07 Å². The number of allylic oxidation sites excluding steroid dienone is 2. The van der Waals surface area contributed by atoms with E-state index in [2.05, 4.69) is 11.4 Å². The van der Waals surface area contributed by atoms with Crippen LogP contribution in [0.4, 0.5) is 0 Å². The third-order valence-corrected chi connectivity index (χ3v) is 9.22. The van der Waals surface area contributed by atoms with Gasteiger partial charge in [-0.3, -0.25) is 4.79 Å². The summed E-state index contributed by atoms with van der Waals surface area (Å²) in [6, 6.07) is 6.76. The Morgan fingerprint density at radius 3 is 2.81 bits per heavy atom. The van der Waals surface area contributed by atoms with Crippen LogP contribution in [0, 0.1) is 5.92 Å². The van der Waals surface area contributed by atoms with E-state index in [4.69, 9.17) is 19.6 Å². The number of amides is 1.